The molecule has 0 saturated carbocycles. The molecule has 2 aromatic heterocycles. The molecule has 0 saturated heterocycles. The fraction of sp³-hybridized carbons (Fsp3) is 0.133. The van der Waals surface area contributed by atoms with E-state index in [1.807, 2.05) is 13.0 Å². The third-order valence-corrected chi connectivity index (χ3v) is 3.14. The largest absolute Gasteiger partial charge is 0.434 e. The van der Waals surface area contributed by atoms with Crippen molar-refractivity contribution in [3.8, 4) is 11.6 Å². The number of ether oxygens (including phenoxy) is 1. The Hall–Kier alpha value is -2.76. The predicted molar refractivity (Wildman–Crippen MR) is 77.6 cm³/mol. The average Bonchev–Trinajstić information content (AvgIpc) is 2.52. The van der Waals surface area contributed by atoms with Crippen LogP contribution in [0.4, 0.5) is 10.1 Å². The quantitative estimate of drug-likeness (QED) is 0.748. The summed E-state index contributed by atoms with van der Waals surface area (Å²) in [6.45, 7) is 1.81. The molecule has 2 heterocycles. The summed E-state index contributed by atoms with van der Waals surface area (Å²) in [6, 6.07) is 6.96. The van der Waals surface area contributed by atoms with E-state index in [9.17, 15) is 4.39 Å². The second kappa shape index (κ2) is 5.32. The van der Waals surface area contributed by atoms with Gasteiger partial charge in [0.05, 0.1) is 5.69 Å². The van der Waals surface area contributed by atoms with Gasteiger partial charge in [0.15, 0.2) is 5.75 Å². The van der Waals surface area contributed by atoms with Crippen LogP contribution in [0.1, 0.15) is 12.6 Å². The fourth-order valence-corrected chi connectivity index (χ4v) is 2.06. The van der Waals surface area contributed by atoms with Gasteiger partial charge in [0.25, 0.3) is 5.88 Å². The van der Waals surface area contributed by atoms with Gasteiger partial charge in [0.2, 0.25) is 5.82 Å². The normalized spacial score (nSPS) is 10.8. The number of aryl methyl sites for hydroxylation is 1. The molecular weight excluding hydrogens is 271 g/mol. The van der Waals surface area contributed by atoms with Gasteiger partial charge in [-0.2, -0.15) is 9.37 Å². The van der Waals surface area contributed by atoms with E-state index < -0.39 is 5.82 Å². The molecule has 0 aliphatic heterocycles. The van der Waals surface area contributed by atoms with E-state index in [-0.39, 0.29) is 5.88 Å². The lowest BCUT2D eigenvalue weighted by molar-refractivity contribution is 0.418. The van der Waals surface area contributed by atoms with Crippen LogP contribution in [0.2, 0.25) is 0 Å². The average molecular weight is 284 g/mol. The number of nitrogens with two attached hydrogens (primary N) is 1. The van der Waals surface area contributed by atoms with E-state index in [0.717, 1.165) is 5.39 Å². The second-order valence-electron chi connectivity index (χ2n) is 4.45. The van der Waals surface area contributed by atoms with Crippen LogP contribution in [-0.4, -0.2) is 15.0 Å². The molecule has 0 aliphatic rings. The van der Waals surface area contributed by atoms with E-state index in [0.29, 0.717) is 29.1 Å². The number of nitrogen functional groups attached to an aromatic ring is 1. The first-order valence-electron chi connectivity index (χ1n) is 6.51. The summed E-state index contributed by atoms with van der Waals surface area (Å²) in [4.78, 5) is 12.0. The number of rotatable bonds is 3. The van der Waals surface area contributed by atoms with Crippen LogP contribution in [0.5, 0.6) is 11.6 Å². The Morgan fingerprint density at radius 2 is 2.05 bits per heavy atom. The second-order valence-corrected chi connectivity index (χ2v) is 4.45. The maximum atomic E-state index is 14.1. The van der Waals surface area contributed by atoms with Crippen LogP contribution >= 0.6 is 0 Å². The summed E-state index contributed by atoms with van der Waals surface area (Å²) in [7, 11) is 0. The molecule has 2 N–H and O–H groups in total. The van der Waals surface area contributed by atoms with Crippen LogP contribution in [0.3, 0.4) is 0 Å². The Balaban J connectivity index is 2.09. The molecule has 0 fully saturated rings. The summed E-state index contributed by atoms with van der Waals surface area (Å²) in [5, 5.41) is 0.750. The zero-order valence-electron chi connectivity index (χ0n) is 11.4. The summed E-state index contributed by atoms with van der Waals surface area (Å²) in [6.07, 6.45) is 3.37. The summed E-state index contributed by atoms with van der Waals surface area (Å²) in [5.74, 6) is -0.265. The van der Waals surface area contributed by atoms with Crippen molar-refractivity contribution in [2.24, 2.45) is 0 Å². The molecule has 0 spiro atoms. The fourth-order valence-electron chi connectivity index (χ4n) is 2.06. The van der Waals surface area contributed by atoms with E-state index in [1.54, 1.807) is 24.4 Å². The molecular formula is C15H13FN4O. The summed E-state index contributed by atoms with van der Waals surface area (Å²) >= 11 is 0. The first kappa shape index (κ1) is 13.2. The predicted octanol–water partition coefficient (Wildman–Crippen LogP) is 3.10. The molecule has 3 aromatic rings. The molecule has 0 atom stereocenters. The number of halogens is 1. The molecule has 21 heavy (non-hydrogen) atoms. The van der Waals surface area contributed by atoms with Crippen molar-refractivity contribution >= 4 is 16.6 Å². The molecule has 6 heteroatoms. The van der Waals surface area contributed by atoms with Gasteiger partial charge in [-0.05, 0) is 30.7 Å². The van der Waals surface area contributed by atoms with Crippen molar-refractivity contribution in [3.05, 3.63) is 48.3 Å². The van der Waals surface area contributed by atoms with Crippen LogP contribution in [0, 0.1) is 5.82 Å². The zero-order chi connectivity index (χ0) is 14.8. The van der Waals surface area contributed by atoms with Crippen LogP contribution in [-0.2, 0) is 6.42 Å². The molecule has 106 valence electrons. The number of aromatic nitrogens is 3. The van der Waals surface area contributed by atoms with Crippen molar-refractivity contribution in [3.63, 3.8) is 0 Å². The lowest BCUT2D eigenvalue weighted by Crippen LogP contribution is -2.00. The first-order chi connectivity index (χ1) is 10.2. The van der Waals surface area contributed by atoms with Gasteiger partial charge in [-0.1, -0.05) is 6.92 Å². The molecule has 0 unspecified atom stereocenters. The van der Waals surface area contributed by atoms with Gasteiger partial charge in [0, 0.05) is 17.3 Å². The summed E-state index contributed by atoms with van der Waals surface area (Å²) in [5.41, 5.74) is 7.36. The smallest absolute Gasteiger partial charge is 0.259 e. The Morgan fingerprint density at radius 1 is 1.19 bits per heavy atom. The molecule has 1 aromatic carbocycles. The topological polar surface area (TPSA) is 73.9 Å². The molecule has 3 rings (SSSR count). The number of pyridine rings is 1. The van der Waals surface area contributed by atoms with Gasteiger partial charge in [-0.15, -0.1) is 0 Å². The highest BCUT2D eigenvalue weighted by molar-refractivity contribution is 5.94. The maximum Gasteiger partial charge on any atom is 0.259 e. The van der Waals surface area contributed by atoms with Gasteiger partial charge in [0.1, 0.15) is 11.8 Å². The van der Waals surface area contributed by atoms with Gasteiger partial charge in [-0.25, -0.2) is 4.98 Å². The van der Waals surface area contributed by atoms with E-state index in [1.165, 1.54) is 6.33 Å². The minimum Gasteiger partial charge on any atom is -0.434 e. The SMILES string of the molecule is CCc1ncnc(Oc2ccc(N)c3cccnc23)c1F. The Bertz CT molecular complexity index is 807. The van der Waals surface area contributed by atoms with Crippen LogP contribution < -0.4 is 10.5 Å². The monoisotopic (exact) mass is 284 g/mol. The van der Waals surface area contributed by atoms with E-state index in [2.05, 4.69) is 15.0 Å². The highest BCUT2D eigenvalue weighted by Gasteiger charge is 2.14. The lowest BCUT2D eigenvalue weighted by atomic mass is 10.1. The number of anilines is 1. The third kappa shape index (κ3) is 2.35. The van der Waals surface area contributed by atoms with Crippen molar-refractivity contribution in [2.75, 3.05) is 5.73 Å². The third-order valence-electron chi connectivity index (χ3n) is 3.14. The minimum absolute atomic E-state index is 0.112. The number of hydrogen-bond acceptors (Lipinski definition) is 5. The van der Waals surface area contributed by atoms with Crippen LogP contribution in [0.15, 0.2) is 36.8 Å². The first-order valence-corrected chi connectivity index (χ1v) is 6.51. The standard InChI is InChI=1S/C15H13FN4O/c1-2-11-13(16)15(20-8-19-11)21-12-6-5-10(17)9-4-3-7-18-14(9)12/h3-8H,2,17H2,1H3. The zero-order valence-corrected chi connectivity index (χ0v) is 11.4. The maximum absolute atomic E-state index is 14.1. The molecule has 5 nitrogen and oxygen atoms in total. The van der Waals surface area contributed by atoms with Crippen LogP contribution in [0.25, 0.3) is 10.9 Å². The molecule has 0 bridgehead atoms. The molecule has 0 amide bonds. The molecule has 0 aliphatic carbocycles. The Labute approximate surface area is 120 Å². The van der Waals surface area contributed by atoms with Gasteiger partial charge in [-0.3, -0.25) is 4.98 Å². The van der Waals surface area contributed by atoms with Crippen molar-refractivity contribution in [1.29, 1.82) is 0 Å². The van der Waals surface area contributed by atoms with Gasteiger partial charge >= 0.3 is 0 Å². The van der Waals surface area contributed by atoms with Gasteiger partial charge < -0.3 is 10.5 Å². The minimum atomic E-state index is -0.555. The lowest BCUT2D eigenvalue weighted by Gasteiger charge is -2.10. The number of fused-ring (bicyclic) bond motifs is 1. The summed E-state index contributed by atoms with van der Waals surface area (Å²) < 4.78 is 19.7. The van der Waals surface area contributed by atoms with E-state index >= 15 is 0 Å². The number of nitrogens with zero attached hydrogens (tertiary/aromatic N) is 3. The van der Waals surface area contributed by atoms with Crippen molar-refractivity contribution in [2.45, 2.75) is 13.3 Å². The molecule has 0 radical (unpaired) electrons. The number of benzene rings is 1. The van der Waals surface area contributed by atoms with Crippen molar-refractivity contribution in [1.82, 2.24) is 15.0 Å². The van der Waals surface area contributed by atoms with E-state index in [4.69, 9.17) is 10.5 Å². The Morgan fingerprint density at radius 3 is 2.86 bits per heavy atom. The highest BCUT2D eigenvalue weighted by atomic mass is 19.1. The number of hydrogen-bond donors (Lipinski definition) is 1. The highest BCUT2D eigenvalue weighted by Crippen LogP contribution is 2.32. The Kier molecular flexibility index (Phi) is 3.35. The van der Waals surface area contributed by atoms with Crippen molar-refractivity contribution < 1.29 is 9.13 Å².